The van der Waals surface area contributed by atoms with E-state index in [-0.39, 0.29) is 6.04 Å². The van der Waals surface area contributed by atoms with Crippen molar-refractivity contribution in [1.29, 1.82) is 0 Å². The average Bonchev–Trinajstić information content (AvgIpc) is 2.43. The Hall–Kier alpha value is -1.51. The Balaban J connectivity index is 2.23. The van der Waals surface area contributed by atoms with Crippen molar-refractivity contribution in [3.8, 4) is 11.5 Å². The molecule has 0 aliphatic carbocycles. The van der Waals surface area contributed by atoms with E-state index in [2.05, 4.69) is 6.92 Å². The number of nitrogens with two attached hydrogens (primary N) is 1. The zero-order chi connectivity index (χ0) is 13.7. The molecule has 0 saturated carbocycles. The monoisotopic (exact) mass is 275 g/mol. The fraction of sp³-hybridized carbons (Fsp3) is 0.250. The van der Waals surface area contributed by atoms with Crippen molar-refractivity contribution in [3.63, 3.8) is 0 Å². The van der Waals surface area contributed by atoms with Gasteiger partial charge in [-0.15, -0.1) is 0 Å². The predicted molar refractivity (Wildman–Crippen MR) is 79.9 cm³/mol. The number of hydrogen-bond acceptors (Lipinski definition) is 2. The molecule has 2 nitrogen and oxygen atoms in total. The van der Waals surface area contributed by atoms with Gasteiger partial charge in [-0.1, -0.05) is 48.9 Å². The summed E-state index contributed by atoms with van der Waals surface area (Å²) in [6.07, 6.45) is 1.75. The predicted octanol–water partition coefficient (Wildman–Crippen LogP) is 4.41. The number of ether oxygens (including phenoxy) is 1. The van der Waals surface area contributed by atoms with Gasteiger partial charge in [-0.3, -0.25) is 0 Å². The molecule has 0 aliphatic heterocycles. The van der Waals surface area contributed by atoms with Gasteiger partial charge in [0.1, 0.15) is 11.5 Å². The Morgan fingerprint density at radius 1 is 1.05 bits per heavy atom. The topological polar surface area (TPSA) is 35.2 Å². The van der Waals surface area contributed by atoms with Gasteiger partial charge >= 0.3 is 0 Å². The lowest BCUT2D eigenvalue weighted by Gasteiger charge is -2.14. The maximum Gasteiger partial charge on any atom is 0.146 e. The van der Waals surface area contributed by atoms with Crippen molar-refractivity contribution >= 4 is 11.6 Å². The molecular formula is C16H18ClNO. The summed E-state index contributed by atoms with van der Waals surface area (Å²) >= 11 is 6.11. The van der Waals surface area contributed by atoms with Gasteiger partial charge in [0, 0.05) is 6.04 Å². The molecule has 0 spiro atoms. The number of rotatable bonds is 5. The molecule has 0 amide bonds. The Morgan fingerprint density at radius 3 is 2.37 bits per heavy atom. The summed E-state index contributed by atoms with van der Waals surface area (Å²) in [5.74, 6) is 1.49. The maximum atomic E-state index is 6.11. The molecule has 0 bridgehead atoms. The van der Waals surface area contributed by atoms with E-state index in [4.69, 9.17) is 22.1 Å². The third kappa shape index (κ3) is 3.72. The number of benzene rings is 2. The van der Waals surface area contributed by atoms with Crippen LogP contribution in [-0.2, 0) is 6.42 Å². The number of para-hydroxylation sites is 2. The van der Waals surface area contributed by atoms with E-state index >= 15 is 0 Å². The molecule has 0 fully saturated rings. The minimum absolute atomic E-state index is 0.149. The third-order valence-electron chi connectivity index (χ3n) is 3.04. The van der Waals surface area contributed by atoms with Crippen LogP contribution >= 0.6 is 11.6 Å². The van der Waals surface area contributed by atoms with E-state index in [1.54, 1.807) is 0 Å². The second-order valence-corrected chi connectivity index (χ2v) is 4.92. The molecular weight excluding hydrogens is 258 g/mol. The first-order valence-corrected chi connectivity index (χ1v) is 6.84. The van der Waals surface area contributed by atoms with Crippen molar-refractivity contribution < 1.29 is 4.74 Å². The van der Waals surface area contributed by atoms with E-state index < -0.39 is 0 Å². The molecule has 3 heteroatoms. The summed E-state index contributed by atoms with van der Waals surface area (Å²) in [5, 5.41) is 0.608. The van der Waals surface area contributed by atoms with E-state index in [0.717, 1.165) is 24.2 Å². The molecule has 1 atom stereocenters. The first-order chi connectivity index (χ1) is 9.20. The quantitative estimate of drug-likeness (QED) is 0.877. The minimum atomic E-state index is 0.149. The molecule has 0 radical (unpaired) electrons. The average molecular weight is 276 g/mol. The van der Waals surface area contributed by atoms with Crippen molar-refractivity contribution in [2.75, 3.05) is 0 Å². The summed E-state index contributed by atoms with van der Waals surface area (Å²) in [4.78, 5) is 0. The van der Waals surface area contributed by atoms with Crippen LogP contribution in [0.15, 0.2) is 48.5 Å². The highest BCUT2D eigenvalue weighted by atomic mass is 35.5. The third-order valence-corrected chi connectivity index (χ3v) is 3.35. The smallest absolute Gasteiger partial charge is 0.146 e. The van der Waals surface area contributed by atoms with Crippen molar-refractivity contribution in [1.82, 2.24) is 0 Å². The largest absolute Gasteiger partial charge is 0.456 e. The van der Waals surface area contributed by atoms with E-state index in [0.29, 0.717) is 10.8 Å². The minimum Gasteiger partial charge on any atom is -0.456 e. The van der Waals surface area contributed by atoms with Gasteiger partial charge in [-0.25, -0.2) is 0 Å². The zero-order valence-electron chi connectivity index (χ0n) is 11.0. The Bertz CT molecular complexity index is 542. The second-order valence-electron chi connectivity index (χ2n) is 4.51. The lowest BCUT2D eigenvalue weighted by Crippen LogP contribution is -2.21. The fourth-order valence-electron chi connectivity index (χ4n) is 1.84. The second kappa shape index (κ2) is 6.60. The lowest BCUT2D eigenvalue weighted by atomic mass is 10.0. The highest BCUT2D eigenvalue weighted by molar-refractivity contribution is 6.32. The maximum absolute atomic E-state index is 6.11. The molecule has 2 rings (SSSR count). The van der Waals surface area contributed by atoms with Gasteiger partial charge < -0.3 is 10.5 Å². The molecule has 2 aromatic rings. The van der Waals surface area contributed by atoms with Crippen LogP contribution in [0.2, 0.25) is 5.02 Å². The van der Waals surface area contributed by atoms with Gasteiger partial charge in [0.05, 0.1) is 5.02 Å². The lowest BCUT2D eigenvalue weighted by molar-refractivity contribution is 0.472. The van der Waals surface area contributed by atoms with Gasteiger partial charge in [0.2, 0.25) is 0 Å². The normalized spacial score (nSPS) is 12.2. The fourth-order valence-corrected chi connectivity index (χ4v) is 2.02. The number of halogens is 1. The summed E-state index contributed by atoms with van der Waals surface area (Å²) in [6, 6.07) is 15.6. The molecule has 2 N–H and O–H groups in total. The Morgan fingerprint density at radius 2 is 1.68 bits per heavy atom. The first kappa shape index (κ1) is 13.9. The molecule has 100 valence electrons. The van der Waals surface area contributed by atoms with Crippen LogP contribution in [0.5, 0.6) is 11.5 Å². The molecule has 0 aliphatic rings. The van der Waals surface area contributed by atoms with Crippen LogP contribution in [0.25, 0.3) is 0 Å². The SMILES string of the molecule is CCC(N)Cc1ccccc1Oc1ccccc1Cl. The standard InChI is InChI=1S/C16H18ClNO/c1-2-13(18)11-12-7-3-5-9-15(12)19-16-10-6-4-8-14(16)17/h3-10,13H,2,11,18H2,1H3. The number of hydrogen-bond donors (Lipinski definition) is 1. The Kier molecular flexibility index (Phi) is 4.83. The Labute approximate surface area is 119 Å². The van der Waals surface area contributed by atoms with E-state index in [1.807, 2.05) is 48.5 Å². The molecule has 19 heavy (non-hydrogen) atoms. The van der Waals surface area contributed by atoms with Crippen molar-refractivity contribution in [2.24, 2.45) is 5.73 Å². The highest BCUT2D eigenvalue weighted by Gasteiger charge is 2.09. The van der Waals surface area contributed by atoms with E-state index in [1.165, 1.54) is 0 Å². The molecule has 2 aromatic carbocycles. The summed E-state index contributed by atoms with van der Waals surface area (Å²) in [5.41, 5.74) is 7.12. The van der Waals surface area contributed by atoms with Crippen LogP contribution in [0.3, 0.4) is 0 Å². The molecule has 1 unspecified atom stereocenters. The van der Waals surface area contributed by atoms with Crippen LogP contribution < -0.4 is 10.5 Å². The molecule has 0 aromatic heterocycles. The summed E-state index contributed by atoms with van der Waals surface area (Å²) in [7, 11) is 0. The van der Waals surface area contributed by atoms with Gasteiger partial charge in [-0.05, 0) is 36.6 Å². The van der Waals surface area contributed by atoms with Gasteiger partial charge in [-0.2, -0.15) is 0 Å². The van der Waals surface area contributed by atoms with Crippen LogP contribution in [-0.4, -0.2) is 6.04 Å². The van der Waals surface area contributed by atoms with Crippen LogP contribution in [0.4, 0.5) is 0 Å². The van der Waals surface area contributed by atoms with Gasteiger partial charge in [0.25, 0.3) is 0 Å². The van der Waals surface area contributed by atoms with Crippen LogP contribution in [0.1, 0.15) is 18.9 Å². The van der Waals surface area contributed by atoms with E-state index in [9.17, 15) is 0 Å². The first-order valence-electron chi connectivity index (χ1n) is 6.46. The van der Waals surface area contributed by atoms with Crippen LogP contribution in [0, 0.1) is 0 Å². The highest BCUT2D eigenvalue weighted by Crippen LogP contribution is 2.31. The molecule has 0 saturated heterocycles. The van der Waals surface area contributed by atoms with Crippen molar-refractivity contribution in [3.05, 3.63) is 59.1 Å². The zero-order valence-corrected chi connectivity index (χ0v) is 11.7. The van der Waals surface area contributed by atoms with Crippen molar-refractivity contribution in [2.45, 2.75) is 25.8 Å². The summed E-state index contributed by atoms with van der Waals surface area (Å²) in [6.45, 7) is 2.09. The van der Waals surface area contributed by atoms with Gasteiger partial charge in [0.15, 0.2) is 0 Å². The molecule has 0 heterocycles. The summed E-state index contributed by atoms with van der Waals surface area (Å²) < 4.78 is 5.90.